The molecule has 1 aromatic rings. The lowest BCUT2D eigenvalue weighted by Gasteiger charge is -2.24. The number of hydrogen-bond donors (Lipinski definition) is 0. The first kappa shape index (κ1) is 11.8. The Morgan fingerprint density at radius 3 is 2.71 bits per heavy atom. The van der Waals surface area contributed by atoms with Crippen molar-refractivity contribution in [2.45, 2.75) is 39.2 Å². The van der Waals surface area contributed by atoms with Gasteiger partial charge in [-0.25, -0.2) is 9.97 Å². The van der Waals surface area contributed by atoms with E-state index < -0.39 is 0 Å². The predicted octanol–water partition coefficient (Wildman–Crippen LogP) is 2.36. The Kier molecular flexibility index (Phi) is 3.58. The largest absolute Gasteiger partial charge is 0.351 e. The van der Waals surface area contributed by atoms with E-state index in [-0.39, 0.29) is 0 Å². The average molecular weight is 230 g/mol. The smallest absolute Gasteiger partial charge is 0.183 e. The molecule has 0 atom stereocenters. The van der Waals surface area contributed by atoms with Crippen LogP contribution >= 0.6 is 0 Å². The molecule has 2 rings (SSSR count). The zero-order valence-electron chi connectivity index (χ0n) is 10.4. The predicted molar refractivity (Wildman–Crippen MR) is 66.6 cm³/mol. The van der Waals surface area contributed by atoms with Gasteiger partial charge in [-0.3, -0.25) is 0 Å². The van der Waals surface area contributed by atoms with E-state index in [1.807, 2.05) is 0 Å². The topological polar surface area (TPSA) is 52.8 Å². The molecular weight excluding hydrogens is 212 g/mol. The van der Waals surface area contributed by atoms with Gasteiger partial charge in [0.15, 0.2) is 11.5 Å². The fourth-order valence-electron chi connectivity index (χ4n) is 1.86. The zero-order chi connectivity index (χ0) is 12.3. The maximum atomic E-state index is 9.07. The number of anilines is 1. The number of nitrogens with zero attached hydrogens (tertiary/aromatic N) is 4. The molecule has 0 radical (unpaired) electrons. The summed E-state index contributed by atoms with van der Waals surface area (Å²) in [4.78, 5) is 10.7. The molecule has 4 heteroatoms. The second kappa shape index (κ2) is 5.13. The summed E-state index contributed by atoms with van der Waals surface area (Å²) in [6.07, 6.45) is 6.79. The SMILES string of the molecule is CC(C)CCN(c1nccnc1C#N)C1CC1. The van der Waals surface area contributed by atoms with Gasteiger partial charge in [-0.15, -0.1) is 0 Å². The molecule has 17 heavy (non-hydrogen) atoms. The monoisotopic (exact) mass is 230 g/mol. The first-order valence-electron chi connectivity index (χ1n) is 6.20. The molecule has 1 fully saturated rings. The molecule has 0 aliphatic heterocycles. The Balaban J connectivity index is 2.17. The zero-order valence-corrected chi connectivity index (χ0v) is 10.4. The highest BCUT2D eigenvalue weighted by Crippen LogP contribution is 2.32. The molecule has 0 spiro atoms. The van der Waals surface area contributed by atoms with Gasteiger partial charge in [-0.1, -0.05) is 13.8 Å². The van der Waals surface area contributed by atoms with Crippen LogP contribution in [0.5, 0.6) is 0 Å². The maximum Gasteiger partial charge on any atom is 0.183 e. The fraction of sp³-hybridized carbons (Fsp3) is 0.615. The van der Waals surface area contributed by atoms with E-state index in [0.717, 1.165) is 18.8 Å². The molecule has 4 nitrogen and oxygen atoms in total. The Morgan fingerprint density at radius 2 is 2.12 bits per heavy atom. The molecule has 0 unspecified atom stereocenters. The van der Waals surface area contributed by atoms with Gasteiger partial charge in [0.2, 0.25) is 0 Å². The van der Waals surface area contributed by atoms with E-state index in [4.69, 9.17) is 5.26 Å². The Morgan fingerprint density at radius 1 is 1.41 bits per heavy atom. The Labute approximate surface area is 102 Å². The average Bonchev–Trinajstić information content (AvgIpc) is 3.14. The molecular formula is C13H18N4. The van der Waals surface area contributed by atoms with Crippen LogP contribution < -0.4 is 4.90 Å². The van der Waals surface area contributed by atoms with Gasteiger partial charge in [0.25, 0.3) is 0 Å². The second-order valence-corrected chi connectivity index (χ2v) is 4.95. The van der Waals surface area contributed by atoms with Crippen molar-refractivity contribution in [3.8, 4) is 6.07 Å². The van der Waals surface area contributed by atoms with Gasteiger partial charge in [0.05, 0.1) is 0 Å². The number of aromatic nitrogens is 2. The standard InChI is InChI=1S/C13H18N4/c1-10(2)5-8-17(11-3-4-11)13-12(9-14)15-6-7-16-13/h6-7,10-11H,3-5,8H2,1-2H3. The summed E-state index contributed by atoms with van der Waals surface area (Å²) in [5.41, 5.74) is 0.447. The van der Waals surface area contributed by atoms with Crippen LogP contribution in [0.15, 0.2) is 12.4 Å². The lowest BCUT2D eigenvalue weighted by molar-refractivity contribution is 0.568. The van der Waals surface area contributed by atoms with E-state index in [1.165, 1.54) is 12.8 Å². The summed E-state index contributed by atoms with van der Waals surface area (Å²) in [6, 6.07) is 2.70. The summed E-state index contributed by atoms with van der Waals surface area (Å²) >= 11 is 0. The number of nitriles is 1. The van der Waals surface area contributed by atoms with Gasteiger partial charge >= 0.3 is 0 Å². The maximum absolute atomic E-state index is 9.07. The van der Waals surface area contributed by atoms with Crippen molar-refractivity contribution in [1.82, 2.24) is 9.97 Å². The third-order valence-electron chi connectivity index (χ3n) is 2.99. The minimum Gasteiger partial charge on any atom is -0.351 e. The summed E-state index contributed by atoms with van der Waals surface area (Å²) in [5.74, 6) is 1.43. The normalized spacial score (nSPS) is 14.7. The third kappa shape index (κ3) is 2.94. The van der Waals surface area contributed by atoms with Crippen molar-refractivity contribution < 1.29 is 0 Å². The molecule has 1 heterocycles. The summed E-state index contributed by atoms with van der Waals surface area (Å²) in [7, 11) is 0. The number of hydrogen-bond acceptors (Lipinski definition) is 4. The van der Waals surface area contributed by atoms with Crippen LogP contribution in [0.2, 0.25) is 0 Å². The molecule has 1 aliphatic rings. The molecule has 0 aromatic carbocycles. The lowest BCUT2D eigenvalue weighted by Crippen LogP contribution is -2.29. The van der Waals surface area contributed by atoms with Gasteiger partial charge in [0.1, 0.15) is 6.07 Å². The molecule has 1 aliphatic carbocycles. The van der Waals surface area contributed by atoms with E-state index >= 15 is 0 Å². The highest BCUT2D eigenvalue weighted by atomic mass is 15.2. The van der Waals surface area contributed by atoms with Gasteiger partial charge < -0.3 is 4.90 Å². The molecule has 0 bridgehead atoms. The van der Waals surface area contributed by atoms with Crippen LogP contribution in [-0.4, -0.2) is 22.6 Å². The Bertz CT molecular complexity index is 418. The van der Waals surface area contributed by atoms with Crippen LogP contribution in [-0.2, 0) is 0 Å². The third-order valence-corrected chi connectivity index (χ3v) is 2.99. The van der Waals surface area contributed by atoms with Crippen LogP contribution in [0.4, 0.5) is 5.82 Å². The highest BCUT2D eigenvalue weighted by molar-refractivity contribution is 5.51. The Hall–Kier alpha value is -1.63. The lowest BCUT2D eigenvalue weighted by atomic mass is 10.1. The van der Waals surface area contributed by atoms with Crippen LogP contribution in [0, 0.1) is 17.2 Å². The molecule has 0 amide bonds. The summed E-state index contributed by atoms with van der Waals surface area (Å²) in [5, 5.41) is 9.07. The van der Waals surface area contributed by atoms with E-state index in [1.54, 1.807) is 12.4 Å². The second-order valence-electron chi connectivity index (χ2n) is 4.95. The van der Waals surface area contributed by atoms with E-state index in [0.29, 0.717) is 17.7 Å². The molecule has 0 N–H and O–H groups in total. The first-order chi connectivity index (χ1) is 8.22. The van der Waals surface area contributed by atoms with Crippen molar-refractivity contribution in [1.29, 1.82) is 5.26 Å². The molecule has 0 saturated heterocycles. The van der Waals surface area contributed by atoms with Crippen molar-refractivity contribution in [2.24, 2.45) is 5.92 Å². The summed E-state index contributed by atoms with van der Waals surface area (Å²) < 4.78 is 0. The highest BCUT2D eigenvalue weighted by Gasteiger charge is 2.31. The van der Waals surface area contributed by atoms with Gasteiger partial charge in [-0.2, -0.15) is 5.26 Å². The van der Waals surface area contributed by atoms with Crippen LogP contribution in [0.25, 0.3) is 0 Å². The summed E-state index contributed by atoms with van der Waals surface area (Å²) in [6.45, 7) is 5.40. The fourth-order valence-corrected chi connectivity index (χ4v) is 1.86. The van der Waals surface area contributed by atoms with Crippen LogP contribution in [0.3, 0.4) is 0 Å². The van der Waals surface area contributed by atoms with Gasteiger partial charge in [-0.05, 0) is 25.2 Å². The molecule has 1 aromatic heterocycles. The van der Waals surface area contributed by atoms with Crippen molar-refractivity contribution >= 4 is 5.82 Å². The molecule has 1 saturated carbocycles. The quantitative estimate of drug-likeness (QED) is 0.779. The molecule has 90 valence electrons. The minimum atomic E-state index is 0.447. The first-order valence-corrected chi connectivity index (χ1v) is 6.20. The van der Waals surface area contributed by atoms with E-state index in [9.17, 15) is 0 Å². The van der Waals surface area contributed by atoms with Crippen molar-refractivity contribution in [2.75, 3.05) is 11.4 Å². The minimum absolute atomic E-state index is 0.447. The van der Waals surface area contributed by atoms with Crippen molar-refractivity contribution in [3.05, 3.63) is 18.1 Å². The number of rotatable bonds is 5. The van der Waals surface area contributed by atoms with Crippen LogP contribution in [0.1, 0.15) is 38.8 Å². The van der Waals surface area contributed by atoms with E-state index in [2.05, 4.69) is 34.8 Å². The van der Waals surface area contributed by atoms with Crippen molar-refractivity contribution in [3.63, 3.8) is 0 Å². The van der Waals surface area contributed by atoms with Gasteiger partial charge in [0, 0.05) is 25.0 Å².